The zero-order chi connectivity index (χ0) is 21.7. The molecule has 0 saturated carbocycles. The molecule has 0 aliphatic rings. The highest BCUT2D eigenvalue weighted by Crippen LogP contribution is 2.25. The Morgan fingerprint density at radius 2 is 1.61 bits per heavy atom. The van der Waals surface area contributed by atoms with Gasteiger partial charge < -0.3 is 5.73 Å². The second-order valence-electron chi connectivity index (χ2n) is 7.91. The second kappa shape index (κ2) is 7.09. The van der Waals surface area contributed by atoms with Crippen molar-refractivity contribution in [2.75, 3.05) is 5.73 Å². The van der Waals surface area contributed by atoms with Gasteiger partial charge in [-0.1, -0.05) is 36.4 Å². The molecule has 5 rings (SSSR count). The first-order valence-corrected chi connectivity index (χ1v) is 10.2. The summed E-state index contributed by atoms with van der Waals surface area (Å²) in [6.45, 7) is 6.24. The van der Waals surface area contributed by atoms with Crippen LogP contribution in [0.15, 0.2) is 65.5 Å². The zero-order valence-electron chi connectivity index (χ0n) is 17.8. The molecule has 0 amide bonds. The van der Waals surface area contributed by atoms with Gasteiger partial charge in [-0.25, -0.2) is 4.98 Å². The summed E-state index contributed by atoms with van der Waals surface area (Å²) < 4.78 is 3.60. The average molecular weight is 409 g/mol. The first kappa shape index (κ1) is 19.1. The summed E-state index contributed by atoms with van der Waals surface area (Å²) in [5.41, 5.74) is 12.0. The van der Waals surface area contributed by atoms with Crippen LogP contribution >= 0.6 is 0 Å². The molecule has 6 nitrogen and oxygen atoms in total. The maximum atomic E-state index is 13.7. The van der Waals surface area contributed by atoms with Gasteiger partial charge in [0.15, 0.2) is 0 Å². The lowest BCUT2D eigenvalue weighted by Crippen LogP contribution is -2.26. The summed E-state index contributed by atoms with van der Waals surface area (Å²) in [5.74, 6) is 0.629. The number of hydrogen-bond acceptors (Lipinski definition) is 4. The van der Waals surface area contributed by atoms with Gasteiger partial charge in [0.25, 0.3) is 5.56 Å². The van der Waals surface area contributed by atoms with Crippen molar-refractivity contribution in [3.63, 3.8) is 0 Å². The standard InChI is InChI=1S/C25H23N5O/c1-15-8-4-5-12-20(15)30-22(27-19-11-6-9-16(2)23(19)25(30)31)14-29-21-13-7-10-18(26)24(21)17(3)28-29/h4-13H,14,26H2,1-3H3. The van der Waals surface area contributed by atoms with Crippen LogP contribution in [0.5, 0.6) is 0 Å². The molecule has 0 unspecified atom stereocenters. The predicted octanol–water partition coefficient (Wildman–Crippen LogP) is 4.29. The van der Waals surface area contributed by atoms with Crippen LogP contribution in [0.25, 0.3) is 27.5 Å². The zero-order valence-corrected chi connectivity index (χ0v) is 17.8. The number of nitrogens with zero attached hydrogens (tertiary/aromatic N) is 4. The van der Waals surface area contributed by atoms with Crippen molar-refractivity contribution >= 4 is 27.5 Å². The number of aromatic nitrogens is 4. The van der Waals surface area contributed by atoms with Crippen LogP contribution in [0.3, 0.4) is 0 Å². The molecule has 0 aliphatic carbocycles. The quantitative estimate of drug-likeness (QED) is 0.451. The topological polar surface area (TPSA) is 78.7 Å². The van der Waals surface area contributed by atoms with Gasteiger partial charge in [0.05, 0.1) is 27.8 Å². The highest BCUT2D eigenvalue weighted by molar-refractivity contribution is 5.92. The van der Waals surface area contributed by atoms with Crippen molar-refractivity contribution in [2.24, 2.45) is 0 Å². The Labute approximate surface area is 179 Å². The summed E-state index contributed by atoms with van der Waals surface area (Å²) >= 11 is 0. The maximum absolute atomic E-state index is 13.7. The van der Waals surface area contributed by atoms with E-state index in [0.717, 1.165) is 33.4 Å². The molecule has 0 atom stereocenters. The fraction of sp³-hybridized carbons (Fsp3) is 0.160. The summed E-state index contributed by atoms with van der Waals surface area (Å²) in [7, 11) is 0. The molecule has 3 aromatic carbocycles. The van der Waals surface area contributed by atoms with Crippen LogP contribution in [0, 0.1) is 20.8 Å². The van der Waals surface area contributed by atoms with E-state index in [4.69, 9.17) is 15.8 Å². The highest BCUT2D eigenvalue weighted by Gasteiger charge is 2.18. The number of aryl methyl sites for hydroxylation is 3. The van der Waals surface area contributed by atoms with Crippen molar-refractivity contribution in [2.45, 2.75) is 27.3 Å². The van der Waals surface area contributed by atoms with E-state index in [1.165, 1.54) is 0 Å². The highest BCUT2D eigenvalue weighted by atomic mass is 16.1. The number of anilines is 1. The van der Waals surface area contributed by atoms with E-state index < -0.39 is 0 Å². The Morgan fingerprint density at radius 3 is 2.42 bits per heavy atom. The van der Waals surface area contributed by atoms with Crippen molar-refractivity contribution in [3.8, 4) is 5.69 Å². The number of fused-ring (bicyclic) bond motifs is 2. The van der Waals surface area contributed by atoms with Gasteiger partial charge in [-0.15, -0.1) is 0 Å². The molecule has 2 N–H and O–H groups in total. The minimum atomic E-state index is -0.0694. The number of rotatable bonds is 3. The molecule has 2 aromatic heterocycles. The largest absolute Gasteiger partial charge is 0.398 e. The average Bonchev–Trinajstić information content (AvgIpc) is 3.05. The first-order valence-electron chi connectivity index (χ1n) is 10.2. The number of benzene rings is 3. The van der Waals surface area contributed by atoms with Crippen LogP contribution in [-0.4, -0.2) is 19.3 Å². The maximum Gasteiger partial charge on any atom is 0.266 e. The molecule has 154 valence electrons. The van der Waals surface area contributed by atoms with Gasteiger partial charge >= 0.3 is 0 Å². The predicted molar refractivity (Wildman–Crippen MR) is 125 cm³/mol. The van der Waals surface area contributed by atoms with Gasteiger partial charge in [-0.3, -0.25) is 14.0 Å². The van der Waals surface area contributed by atoms with Crippen molar-refractivity contribution < 1.29 is 0 Å². The van der Waals surface area contributed by atoms with Gasteiger partial charge in [0.2, 0.25) is 0 Å². The number of nitrogens with two attached hydrogens (primary N) is 1. The van der Waals surface area contributed by atoms with E-state index in [1.807, 2.05) is 86.1 Å². The minimum Gasteiger partial charge on any atom is -0.398 e. The van der Waals surface area contributed by atoms with E-state index in [2.05, 4.69) is 0 Å². The molecule has 0 saturated heterocycles. The lowest BCUT2D eigenvalue weighted by molar-refractivity contribution is 0.649. The first-order chi connectivity index (χ1) is 15.0. The minimum absolute atomic E-state index is 0.0694. The Morgan fingerprint density at radius 1 is 0.871 bits per heavy atom. The van der Waals surface area contributed by atoms with Crippen molar-refractivity contribution in [1.29, 1.82) is 0 Å². The number of para-hydroxylation sites is 1. The molecular weight excluding hydrogens is 386 g/mol. The van der Waals surface area contributed by atoms with Crippen LogP contribution in [-0.2, 0) is 6.54 Å². The lowest BCUT2D eigenvalue weighted by atomic mass is 10.1. The van der Waals surface area contributed by atoms with E-state index in [0.29, 0.717) is 29.0 Å². The summed E-state index contributed by atoms with van der Waals surface area (Å²) in [6, 6.07) is 19.4. The molecule has 0 spiro atoms. The molecule has 0 aliphatic heterocycles. The van der Waals surface area contributed by atoms with Crippen molar-refractivity contribution in [3.05, 3.63) is 93.7 Å². The van der Waals surface area contributed by atoms with E-state index in [1.54, 1.807) is 4.57 Å². The molecule has 31 heavy (non-hydrogen) atoms. The number of nitrogen functional groups attached to an aromatic ring is 1. The van der Waals surface area contributed by atoms with Gasteiger partial charge in [-0.2, -0.15) is 5.10 Å². The van der Waals surface area contributed by atoms with E-state index in [-0.39, 0.29) is 5.56 Å². The van der Waals surface area contributed by atoms with Crippen LogP contribution in [0.4, 0.5) is 5.69 Å². The van der Waals surface area contributed by atoms with Crippen molar-refractivity contribution in [1.82, 2.24) is 19.3 Å². The van der Waals surface area contributed by atoms with Crippen LogP contribution < -0.4 is 11.3 Å². The molecule has 0 fully saturated rings. The fourth-order valence-electron chi connectivity index (χ4n) is 4.32. The second-order valence-corrected chi connectivity index (χ2v) is 7.91. The van der Waals surface area contributed by atoms with Crippen LogP contribution in [0.1, 0.15) is 22.6 Å². The normalized spacial score (nSPS) is 11.5. The van der Waals surface area contributed by atoms with Gasteiger partial charge in [-0.05, 0) is 56.2 Å². The lowest BCUT2D eigenvalue weighted by Gasteiger charge is -2.16. The van der Waals surface area contributed by atoms with Gasteiger partial charge in [0.1, 0.15) is 12.4 Å². The van der Waals surface area contributed by atoms with E-state index >= 15 is 0 Å². The third-order valence-corrected chi connectivity index (χ3v) is 5.81. The van der Waals surface area contributed by atoms with Crippen LogP contribution in [0.2, 0.25) is 0 Å². The monoisotopic (exact) mass is 409 g/mol. The third-order valence-electron chi connectivity index (χ3n) is 5.81. The summed E-state index contributed by atoms with van der Waals surface area (Å²) in [6.07, 6.45) is 0. The smallest absolute Gasteiger partial charge is 0.266 e. The summed E-state index contributed by atoms with van der Waals surface area (Å²) in [4.78, 5) is 18.6. The number of hydrogen-bond donors (Lipinski definition) is 1. The molecule has 0 bridgehead atoms. The third kappa shape index (κ3) is 2.99. The molecular formula is C25H23N5O. The summed E-state index contributed by atoms with van der Waals surface area (Å²) in [5, 5.41) is 6.28. The molecule has 0 radical (unpaired) electrons. The molecule has 5 aromatic rings. The Bertz CT molecular complexity index is 1530. The fourth-order valence-corrected chi connectivity index (χ4v) is 4.32. The Hall–Kier alpha value is -3.93. The SMILES string of the molecule is Cc1ccccc1-n1c(Cn2nc(C)c3c(N)cccc32)nc2cccc(C)c2c1=O. The Kier molecular flexibility index (Phi) is 4.36. The molecule has 6 heteroatoms. The Balaban J connectivity index is 1.82. The molecule has 2 heterocycles. The van der Waals surface area contributed by atoms with E-state index in [9.17, 15) is 4.79 Å². The van der Waals surface area contributed by atoms with Gasteiger partial charge in [0, 0.05) is 11.1 Å².